The normalized spacial score (nSPS) is 16.3. The van der Waals surface area contributed by atoms with Gasteiger partial charge in [0.25, 0.3) is 0 Å². The van der Waals surface area contributed by atoms with Gasteiger partial charge in [-0.15, -0.1) is 0 Å². The Bertz CT molecular complexity index is 571. The molecule has 1 aliphatic heterocycles. The van der Waals surface area contributed by atoms with Crippen LogP contribution in [-0.2, 0) is 9.84 Å². The molecule has 0 fully saturated rings. The largest absolute Gasteiger partial charge is 0.490 e. The van der Waals surface area contributed by atoms with Crippen LogP contribution in [0.3, 0.4) is 0 Å². The van der Waals surface area contributed by atoms with Crippen molar-refractivity contribution < 1.29 is 17.9 Å². The molecule has 6 heteroatoms. The summed E-state index contributed by atoms with van der Waals surface area (Å²) in [5, 5.41) is 3.24. The van der Waals surface area contributed by atoms with Crippen LogP contribution in [0.15, 0.2) is 18.2 Å². The van der Waals surface area contributed by atoms with Crippen molar-refractivity contribution in [1.82, 2.24) is 5.32 Å². The molecular formula is C15H23NO4S. The predicted octanol–water partition coefficient (Wildman–Crippen LogP) is 1.93. The molecule has 0 spiro atoms. The van der Waals surface area contributed by atoms with Gasteiger partial charge in [0.15, 0.2) is 21.3 Å². The number of hydrogen-bond donors (Lipinski definition) is 1. The van der Waals surface area contributed by atoms with Gasteiger partial charge < -0.3 is 14.8 Å². The van der Waals surface area contributed by atoms with Crippen LogP contribution >= 0.6 is 0 Å². The maximum atomic E-state index is 11.5. The Labute approximate surface area is 126 Å². The minimum Gasteiger partial charge on any atom is -0.490 e. The monoisotopic (exact) mass is 313 g/mol. The van der Waals surface area contributed by atoms with E-state index >= 15 is 0 Å². The van der Waals surface area contributed by atoms with Gasteiger partial charge in [-0.05, 0) is 24.6 Å². The molecule has 1 aromatic rings. The van der Waals surface area contributed by atoms with E-state index in [-0.39, 0.29) is 17.5 Å². The van der Waals surface area contributed by atoms with E-state index in [0.717, 1.165) is 23.5 Å². The Morgan fingerprint density at radius 2 is 1.95 bits per heavy atom. The van der Waals surface area contributed by atoms with E-state index in [1.54, 1.807) is 6.92 Å². The summed E-state index contributed by atoms with van der Waals surface area (Å²) in [5.41, 5.74) is 1.06. The summed E-state index contributed by atoms with van der Waals surface area (Å²) in [6.45, 7) is 5.47. The third-order valence-electron chi connectivity index (χ3n) is 3.57. The van der Waals surface area contributed by atoms with E-state index < -0.39 is 9.84 Å². The SMILES string of the molecule is CCS(=O)(=O)CCNC(C)c1ccc2c(c1)OCCCO2. The summed E-state index contributed by atoms with van der Waals surface area (Å²) in [5.74, 6) is 1.89. The molecule has 1 unspecified atom stereocenters. The summed E-state index contributed by atoms with van der Waals surface area (Å²) in [6, 6.07) is 5.93. The summed E-state index contributed by atoms with van der Waals surface area (Å²) in [4.78, 5) is 0. The summed E-state index contributed by atoms with van der Waals surface area (Å²) in [7, 11) is -2.92. The molecule has 2 rings (SSSR count). The van der Waals surface area contributed by atoms with Crippen molar-refractivity contribution in [3.63, 3.8) is 0 Å². The maximum Gasteiger partial charge on any atom is 0.161 e. The zero-order valence-electron chi connectivity index (χ0n) is 12.6. The van der Waals surface area contributed by atoms with Gasteiger partial charge in [0, 0.05) is 24.8 Å². The van der Waals surface area contributed by atoms with Gasteiger partial charge in [-0.2, -0.15) is 0 Å². The van der Waals surface area contributed by atoms with Crippen LogP contribution in [-0.4, -0.2) is 39.7 Å². The Hall–Kier alpha value is -1.27. The van der Waals surface area contributed by atoms with E-state index in [1.165, 1.54) is 0 Å². The number of rotatable bonds is 6. The smallest absolute Gasteiger partial charge is 0.161 e. The molecule has 5 nitrogen and oxygen atoms in total. The van der Waals surface area contributed by atoms with Crippen LogP contribution < -0.4 is 14.8 Å². The van der Waals surface area contributed by atoms with Crippen LogP contribution in [0.1, 0.15) is 31.9 Å². The zero-order valence-corrected chi connectivity index (χ0v) is 13.4. The van der Waals surface area contributed by atoms with Gasteiger partial charge in [-0.3, -0.25) is 0 Å². The van der Waals surface area contributed by atoms with Crippen molar-refractivity contribution in [2.45, 2.75) is 26.3 Å². The van der Waals surface area contributed by atoms with E-state index in [4.69, 9.17) is 9.47 Å². The molecule has 0 radical (unpaired) electrons. The quantitative estimate of drug-likeness (QED) is 0.869. The third kappa shape index (κ3) is 4.61. The fourth-order valence-corrected chi connectivity index (χ4v) is 2.86. The molecule has 1 atom stereocenters. The summed E-state index contributed by atoms with van der Waals surface area (Å²) >= 11 is 0. The van der Waals surface area contributed by atoms with Crippen molar-refractivity contribution in [3.8, 4) is 11.5 Å². The lowest BCUT2D eigenvalue weighted by atomic mass is 10.1. The van der Waals surface area contributed by atoms with Crippen molar-refractivity contribution in [3.05, 3.63) is 23.8 Å². The van der Waals surface area contributed by atoms with Crippen LogP contribution in [0.5, 0.6) is 11.5 Å². The van der Waals surface area contributed by atoms with Gasteiger partial charge in [-0.25, -0.2) is 8.42 Å². The summed E-state index contributed by atoms with van der Waals surface area (Å²) in [6.07, 6.45) is 0.882. The molecule has 1 aromatic carbocycles. The molecule has 21 heavy (non-hydrogen) atoms. The van der Waals surface area contributed by atoms with Crippen LogP contribution in [0.2, 0.25) is 0 Å². The van der Waals surface area contributed by atoms with Crippen molar-refractivity contribution in [2.24, 2.45) is 0 Å². The van der Waals surface area contributed by atoms with E-state index in [1.807, 2.05) is 25.1 Å². The molecule has 1 heterocycles. The number of hydrogen-bond acceptors (Lipinski definition) is 5. The van der Waals surface area contributed by atoms with Gasteiger partial charge >= 0.3 is 0 Å². The van der Waals surface area contributed by atoms with Gasteiger partial charge in [0.2, 0.25) is 0 Å². The Balaban J connectivity index is 1.96. The Morgan fingerprint density at radius 3 is 2.67 bits per heavy atom. The number of nitrogens with one attached hydrogen (secondary N) is 1. The van der Waals surface area contributed by atoms with E-state index in [9.17, 15) is 8.42 Å². The highest BCUT2D eigenvalue weighted by molar-refractivity contribution is 7.91. The van der Waals surface area contributed by atoms with Crippen LogP contribution in [0.25, 0.3) is 0 Å². The molecule has 0 saturated carbocycles. The number of sulfone groups is 1. The highest BCUT2D eigenvalue weighted by Crippen LogP contribution is 2.32. The molecule has 0 bridgehead atoms. The molecule has 1 aliphatic rings. The lowest BCUT2D eigenvalue weighted by molar-refractivity contribution is 0.297. The van der Waals surface area contributed by atoms with Gasteiger partial charge in [-0.1, -0.05) is 13.0 Å². The lowest BCUT2D eigenvalue weighted by Gasteiger charge is -2.16. The first-order chi connectivity index (χ1) is 10.0. The standard InChI is InChI=1S/C15H23NO4S/c1-3-21(17,18)10-7-16-12(2)13-5-6-14-15(11-13)20-9-4-8-19-14/h5-6,11-12,16H,3-4,7-10H2,1-2H3. The minimum atomic E-state index is -2.92. The van der Waals surface area contributed by atoms with Crippen molar-refractivity contribution >= 4 is 9.84 Å². The molecule has 0 saturated heterocycles. The predicted molar refractivity (Wildman–Crippen MR) is 82.8 cm³/mol. The number of benzene rings is 1. The Morgan fingerprint density at radius 1 is 1.24 bits per heavy atom. The van der Waals surface area contributed by atoms with E-state index in [2.05, 4.69) is 5.32 Å². The third-order valence-corrected chi connectivity index (χ3v) is 5.28. The van der Waals surface area contributed by atoms with Crippen molar-refractivity contribution in [1.29, 1.82) is 0 Å². The molecule has 0 aliphatic carbocycles. The lowest BCUT2D eigenvalue weighted by Crippen LogP contribution is -2.26. The fourth-order valence-electron chi connectivity index (χ4n) is 2.14. The topological polar surface area (TPSA) is 64.6 Å². The fraction of sp³-hybridized carbons (Fsp3) is 0.600. The zero-order chi connectivity index (χ0) is 15.3. The number of fused-ring (bicyclic) bond motifs is 1. The van der Waals surface area contributed by atoms with E-state index in [0.29, 0.717) is 19.8 Å². The van der Waals surface area contributed by atoms with Gasteiger partial charge in [0.05, 0.1) is 19.0 Å². The summed E-state index contributed by atoms with van der Waals surface area (Å²) < 4.78 is 34.2. The molecule has 0 aromatic heterocycles. The first-order valence-corrected chi connectivity index (χ1v) is 9.17. The molecular weight excluding hydrogens is 290 g/mol. The second-order valence-corrected chi connectivity index (χ2v) is 7.64. The first-order valence-electron chi connectivity index (χ1n) is 7.35. The highest BCUT2D eigenvalue weighted by atomic mass is 32.2. The van der Waals surface area contributed by atoms with Crippen LogP contribution in [0.4, 0.5) is 0 Å². The van der Waals surface area contributed by atoms with Gasteiger partial charge in [0.1, 0.15) is 0 Å². The first kappa shape index (κ1) is 16.1. The molecule has 118 valence electrons. The minimum absolute atomic E-state index is 0.0641. The Kier molecular flexibility index (Phi) is 5.47. The second-order valence-electron chi connectivity index (χ2n) is 5.17. The van der Waals surface area contributed by atoms with Crippen molar-refractivity contribution in [2.75, 3.05) is 31.3 Å². The average molecular weight is 313 g/mol. The highest BCUT2D eigenvalue weighted by Gasteiger charge is 2.14. The molecule has 1 N–H and O–H groups in total. The number of ether oxygens (including phenoxy) is 2. The maximum absolute atomic E-state index is 11.5. The molecule has 0 amide bonds. The van der Waals surface area contributed by atoms with Crippen LogP contribution in [0, 0.1) is 0 Å². The average Bonchev–Trinajstić information content (AvgIpc) is 2.71. The second kappa shape index (κ2) is 7.13.